The predicted molar refractivity (Wildman–Crippen MR) is 83.9 cm³/mol. The topological polar surface area (TPSA) is 40.5 Å². The number of aromatic nitrogens is 1. The number of hydrogen-bond acceptors (Lipinski definition) is 3. The van der Waals surface area contributed by atoms with Crippen molar-refractivity contribution in [1.82, 2.24) is 15.2 Å². The van der Waals surface area contributed by atoms with Crippen LogP contribution < -0.4 is 5.32 Å². The van der Waals surface area contributed by atoms with Crippen LogP contribution in [0.4, 0.5) is 0 Å². The van der Waals surface area contributed by atoms with Gasteiger partial charge in [0, 0.05) is 25.0 Å². The fourth-order valence-electron chi connectivity index (χ4n) is 1.84. The SMILES string of the molecule is CCCCN(C)C(=NCc1sc(C)nc1C)NCC. The monoisotopic (exact) mass is 282 g/mol. The Kier molecular flexibility index (Phi) is 6.84. The van der Waals surface area contributed by atoms with E-state index in [0.29, 0.717) is 0 Å². The molecule has 0 radical (unpaired) electrons. The summed E-state index contributed by atoms with van der Waals surface area (Å²) < 4.78 is 0. The van der Waals surface area contributed by atoms with Crippen molar-refractivity contribution in [3.8, 4) is 0 Å². The lowest BCUT2D eigenvalue weighted by molar-refractivity contribution is 0.465. The largest absolute Gasteiger partial charge is 0.357 e. The van der Waals surface area contributed by atoms with Gasteiger partial charge in [0.1, 0.15) is 0 Å². The molecule has 0 aliphatic rings. The van der Waals surface area contributed by atoms with Gasteiger partial charge in [0.2, 0.25) is 0 Å². The van der Waals surface area contributed by atoms with E-state index in [4.69, 9.17) is 4.99 Å². The van der Waals surface area contributed by atoms with Crippen molar-refractivity contribution in [2.75, 3.05) is 20.1 Å². The maximum atomic E-state index is 4.71. The van der Waals surface area contributed by atoms with Crippen molar-refractivity contribution < 1.29 is 0 Å². The van der Waals surface area contributed by atoms with Crippen LogP contribution in [0.5, 0.6) is 0 Å². The number of aryl methyl sites for hydroxylation is 2. The van der Waals surface area contributed by atoms with Gasteiger partial charge in [0.05, 0.1) is 17.2 Å². The minimum atomic E-state index is 0.718. The van der Waals surface area contributed by atoms with Crippen LogP contribution in [0.25, 0.3) is 0 Å². The van der Waals surface area contributed by atoms with Gasteiger partial charge in [-0.2, -0.15) is 0 Å². The van der Waals surface area contributed by atoms with Crippen LogP contribution in [0.2, 0.25) is 0 Å². The van der Waals surface area contributed by atoms with Crippen LogP contribution in [0.1, 0.15) is 42.3 Å². The van der Waals surface area contributed by atoms with E-state index in [1.165, 1.54) is 17.7 Å². The van der Waals surface area contributed by atoms with Gasteiger partial charge in [-0.15, -0.1) is 11.3 Å². The van der Waals surface area contributed by atoms with E-state index in [-0.39, 0.29) is 0 Å². The second-order valence-electron chi connectivity index (χ2n) is 4.69. The normalized spacial score (nSPS) is 11.7. The smallest absolute Gasteiger partial charge is 0.194 e. The average molecular weight is 282 g/mol. The van der Waals surface area contributed by atoms with Crippen LogP contribution in [0.15, 0.2) is 4.99 Å². The van der Waals surface area contributed by atoms with Crippen molar-refractivity contribution in [3.05, 3.63) is 15.6 Å². The van der Waals surface area contributed by atoms with E-state index < -0.39 is 0 Å². The summed E-state index contributed by atoms with van der Waals surface area (Å²) in [4.78, 5) is 12.6. The summed E-state index contributed by atoms with van der Waals surface area (Å²) in [5, 5.41) is 4.47. The van der Waals surface area contributed by atoms with Crippen molar-refractivity contribution >= 4 is 17.3 Å². The fraction of sp³-hybridized carbons (Fsp3) is 0.714. The molecular formula is C14H26N4S. The molecule has 1 aromatic heterocycles. The van der Waals surface area contributed by atoms with E-state index in [2.05, 4.69) is 43.0 Å². The van der Waals surface area contributed by atoms with Crippen LogP contribution in [0, 0.1) is 13.8 Å². The molecule has 19 heavy (non-hydrogen) atoms. The summed E-state index contributed by atoms with van der Waals surface area (Å²) in [5.74, 6) is 0.987. The summed E-state index contributed by atoms with van der Waals surface area (Å²) in [6.45, 7) is 11.1. The highest BCUT2D eigenvalue weighted by Gasteiger charge is 2.07. The number of nitrogens with zero attached hydrogens (tertiary/aromatic N) is 3. The minimum absolute atomic E-state index is 0.718. The Morgan fingerprint density at radius 2 is 2.11 bits per heavy atom. The third kappa shape index (κ3) is 5.19. The molecule has 0 bridgehead atoms. The molecule has 0 aliphatic carbocycles. The van der Waals surface area contributed by atoms with Gasteiger partial charge >= 0.3 is 0 Å². The number of thiazole rings is 1. The molecule has 0 saturated carbocycles. The first-order chi connectivity index (χ1) is 9.08. The van der Waals surface area contributed by atoms with E-state index in [0.717, 1.165) is 36.3 Å². The Hall–Kier alpha value is -1.10. The molecule has 1 aromatic rings. The molecular weight excluding hydrogens is 256 g/mol. The van der Waals surface area contributed by atoms with E-state index >= 15 is 0 Å². The highest BCUT2D eigenvalue weighted by atomic mass is 32.1. The second-order valence-corrected chi connectivity index (χ2v) is 5.97. The zero-order valence-electron chi connectivity index (χ0n) is 12.8. The third-order valence-electron chi connectivity index (χ3n) is 2.92. The standard InChI is InChI=1S/C14H26N4S/c1-6-8-9-18(5)14(15-7-2)16-10-13-11(3)17-12(4)19-13/h6-10H2,1-5H3,(H,15,16). The summed E-state index contributed by atoms with van der Waals surface area (Å²) in [6, 6.07) is 0. The number of rotatable bonds is 6. The number of nitrogens with one attached hydrogen (secondary N) is 1. The lowest BCUT2D eigenvalue weighted by atomic mass is 10.3. The minimum Gasteiger partial charge on any atom is -0.357 e. The molecule has 0 aromatic carbocycles. The number of guanidine groups is 1. The molecule has 0 amide bonds. The quantitative estimate of drug-likeness (QED) is 0.644. The highest BCUT2D eigenvalue weighted by Crippen LogP contribution is 2.17. The number of unbranched alkanes of at least 4 members (excludes halogenated alkanes) is 1. The molecule has 1 heterocycles. The van der Waals surface area contributed by atoms with Gasteiger partial charge < -0.3 is 10.2 Å². The van der Waals surface area contributed by atoms with Gasteiger partial charge in [0.25, 0.3) is 0 Å². The molecule has 0 unspecified atom stereocenters. The molecule has 0 saturated heterocycles. The first-order valence-electron chi connectivity index (χ1n) is 7.00. The van der Waals surface area contributed by atoms with Crippen molar-refractivity contribution in [2.45, 2.75) is 47.1 Å². The first-order valence-corrected chi connectivity index (χ1v) is 7.82. The Labute approximate surface area is 121 Å². The lowest BCUT2D eigenvalue weighted by Crippen LogP contribution is -2.39. The van der Waals surface area contributed by atoms with Crippen LogP contribution in [-0.2, 0) is 6.54 Å². The van der Waals surface area contributed by atoms with E-state index in [9.17, 15) is 0 Å². The van der Waals surface area contributed by atoms with E-state index in [1.54, 1.807) is 11.3 Å². The zero-order chi connectivity index (χ0) is 14.3. The van der Waals surface area contributed by atoms with Gasteiger partial charge in [0.15, 0.2) is 5.96 Å². The second kappa shape index (κ2) is 8.15. The van der Waals surface area contributed by atoms with Gasteiger partial charge in [-0.1, -0.05) is 13.3 Å². The Morgan fingerprint density at radius 3 is 2.63 bits per heavy atom. The maximum absolute atomic E-state index is 4.71. The molecule has 1 N–H and O–H groups in total. The van der Waals surface area contributed by atoms with E-state index in [1.807, 2.05) is 6.92 Å². The van der Waals surface area contributed by atoms with Crippen LogP contribution >= 0.6 is 11.3 Å². The number of aliphatic imine (C=N–C) groups is 1. The lowest BCUT2D eigenvalue weighted by Gasteiger charge is -2.21. The molecule has 108 valence electrons. The Bertz CT molecular complexity index is 412. The van der Waals surface area contributed by atoms with Crippen molar-refractivity contribution in [3.63, 3.8) is 0 Å². The van der Waals surface area contributed by atoms with Crippen LogP contribution in [0.3, 0.4) is 0 Å². The molecule has 0 aliphatic heterocycles. The van der Waals surface area contributed by atoms with Gasteiger partial charge in [-0.05, 0) is 27.2 Å². The molecule has 4 nitrogen and oxygen atoms in total. The summed E-state index contributed by atoms with van der Waals surface area (Å²) in [7, 11) is 2.10. The number of hydrogen-bond donors (Lipinski definition) is 1. The zero-order valence-corrected chi connectivity index (χ0v) is 13.6. The fourth-order valence-corrected chi connectivity index (χ4v) is 2.70. The average Bonchev–Trinajstić information content (AvgIpc) is 2.70. The third-order valence-corrected chi connectivity index (χ3v) is 3.97. The highest BCUT2D eigenvalue weighted by molar-refractivity contribution is 7.11. The summed E-state index contributed by atoms with van der Waals surface area (Å²) in [6.07, 6.45) is 2.40. The molecule has 0 fully saturated rings. The first kappa shape index (κ1) is 16.0. The van der Waals surface area contributed by atoms with Crippen molar-refractivity contribution in [1.29, 1.82) is 0 Å². The summed E-state index contributed by atoms with van der Waals surface area (Å²) >= 11 is 1.74. The van der Waals surface area contributed by atoms with Crippen molar-refractivity contribution in [2.24, 2.45) is 4.99 Å². The molecule has 0 atom stereocenters. The summed E-state index contributed by atoms with van der Waals surface area (Å²) in [5.41, 5.74) is 1.11. The van der Waals surface area contributed by atoms with Gasteiger partial charge in [-0.3, -0.25) is 0 Å². The molecule has 1 rings (SSSR count). The maximum Gasteiger partial charge on any atom is 0.194 e. The van der Waals surface area contributed by atoms with Crippen LogP contribution in [-0.4, -0.2) is 36.0 Å². The molecule has 0 spiro atoms. The predicted octanol–water partition coefficient (Wildman–Crippen LogP) is 2.96. The Morgan fingerprint density at radius 1 is 1.37 bits per heavy atom. The molecule has 5 heteroatoms. The van der Waals surface area contributed by atoms with Gasteiger partial charge in [-0.25, -0.2) is 9.98 Å². The Balaban J connectivity index is 2.69.